The van der Waals surface area contributed by atoms with E-state index >= 15 is 0 Å². The van der Waals surface area contributed by atoms with E-state index in [1.54, 1.807) is 18.2 Å². The number of hydrogen-bond donors (Lipinski definition) is 1. The minimum Gasteiger partial charge on any atom is -0.318 e. The number of rotatable bonds is 4. The number of anilines is 1. The maximum absolute atomic E-state index is 13.2. The van der Waals surface area contributed by atoms with Crippen molar-refractivity contribution in [3.05, 3.63) is 88.2 Å². The molecule has 0 aliphatic carbocycles. The zero-order valence-electron chi connectivity index (χ0n) is 19.5. The number of hydrogen-bond acceptors (Lipinski definition) is 3. The molecule has 0 unspecified atom stereocenters. The predicted molar refractivity (Wildman–Crippen MR) is 130 cm³/mol. The monoisotopic (exact) mass is 441 g/mol. The third-order valence-electron chi connectivity index (χ3n) is 5.98. The molecule has 2 aromatic carbocycles. The van der Waals surface area contributed by atoms with Gasteiger partial charge < -0.3 is 4.57 Å². The molecule has 1 aliphatic rings. The van der Waals surface area contributed by atoms with E-state index in [1.165, 1.54) is 5.56 Å². The minimum absolute atomic E-state index is 0.0782. The second-order valence-corrected chi connectivity index (χ2v) is 8.70. The van der Waals surface area contributed by atoms with Crippen molar-refractivity contribution in [1.29, 1.82) is 0 Å². The van der Waals surface area contributed by atoms with Crippen LogP contribution in [0.2, 0.25) is 0 Å². The number of aryl methyl sites for hydroxylation is 2. The molecule has 4 rings (SSSR count). The zero-order chi connectivity index (χ0) is 23.9. The Morgan fingerprint density at radius 2 is 1.45 bits per heavy atom. The van der Waals surface area contributed by atoms with Crippen LogP contribution in [0.4, 0.5) is 10.5 Å². The van der Waals surface area contributed by atoms with Crippen molar-refractivity contribution < 1.29 is 14.4 Å². The summed E-state index contributed by atoms with van der Waals surface area (Å²) in [4.78, 5) is 39.2. The molecule has 6 nitrogen and oxygen atoms in total. The second kappa shape index (κ2) is 8.54. The van der Waals surface area contributed by atoms with Gasteiger partial charge in [0.1, 0.15) is 5.57 Å². The first-order valence-corrected chi connectivity index (χ1v) is 10.9. The second-order valence-electron chi connectivity index (χ2n) is 8.70. The Hall–Kier alpha value is -3.93. The lowest BCUT2D eigenvalue weighted by molar-refractivity contribution is -0.122. The van der Waals surface area contributed by atoms with Crippen molar-refractivity contribution in [3.8, 4) is 5.69 Å². The summed E-state index contributed by atoms with van der Waals surface area (Å²) in [6.07, 6.45) is 1.56. The highest BCUT2D eigenvalue weighted by molar-refractivity contribution is 6.39. The molecule has 2 heterocycles. The van der Waals surface area contributed by atoms with Crippen LogP contribution in [0.15, 0.2) is 60.2 Å². The molecule has 1 saturated heterocycles. The van der Waals surface area contributed by atoms with Crippen LogP contribution in [0.3, 0.4) is 0 Å². The number of carbonyl (C=O) groups excluding carboxylic acids is 3. The first kappa shape index (κ1) is 22.3. The SMILES string of the molecule is Cc1ccc(N2C(=O)NC(=O)/C(=C\c3cc(C)n(-c4ccc(C(C)C)cc4)c3C)C2=O)cc1. The molecule has 0 spiro atoms. The van der Waals surface area contributed by atoms with Crippen molar-refractivity contribution in [1.82, 2.24) is 9.88 Å². The van der Waals surface area contributed by atoms with Crippen LogP contribution < -0.4 is 10.2 Å². The highest BCUT2D eigenvalue weighted by Crippen LogP contribution is 2.27. The largest absolute Gasteiger partial charge is 0.335 e. The maximum Gasteiger partial charge on any atom is 0.335 e. The van der Waals surface area contributed by atoms with E-state index in [0.29, 0.717) is 11.6 Å². The number of barbiturate groups is 1. The van der Waals surface area contributed by atoms with Crippen molar-refractivity contribution in [2.75, 3.05) is 4.90 Å². The average molecular weight is 442 g/mol. The Bertz CT molecular complexity index is 1280. The van der Waals surface area contributed by atoms with Gasteiger partial charge in [-0.05, 0) is 74.2 Å². The van der Waals surface area contributed by atoms with Crippen LogP contribution in [0.5, 0.6) is 0 Å². The molecular weight excluding hydrogens is 414 g/mol. The van der Waals surface area contributed by atoms with E-state index in [0.717, 1.165) is 33.1 Å². The van der Waals surface area contributed by atoms with Crippen molar-refractivity contribution in [2.24, 2.45) is 0 Å². The number of amides is 4. The van der Waals surface area contributed by atoms with Crippen molar-refractivity contribution in [2.45, 2.75) is 40.5 Å². The fourth-order valence-electron chi connectivity index (χ4n) is 4.08. The fraction of sp³-hybridized carbons (Fsp3) is 0.222. The molecule has 3 aromatic rings. The summed E-state index contributed by atoms with van der Waals surface area (Å²) in [5.74, 6) is -0.889. The number of nitrogens with zero attached hydrogens (tertiary/aromatic N) is 2. The van der Waals surface area contributed by atoms with Gasteiger partial charge in [0, 0.05) is 17.1 Å². The summed E-state index contributed by atoms with van der Waals surface area (Å²) in [5.41, 5.74) is 6.23. The van der Waals surface area contributed by atoms with Gasteiger partial charge in [-0.15, -0.1) is 0 Å². The lowest BCUT2D eigenvalue weighted by Crippen LogP contribution is -2.54. The van der Waals surface area contributed by atoms with Crippen LogP contribution in [0.1, 0.15) is 47.8 Å². The van der Waals surface area contributed by atoms with Crippen LogP contribution >= 0.6 is 0 Å². The summed E-state index contributed by atoms with van der Waals surface area (Å²) in [6.45, 7) is 10.2. The number of nitrogens with one attached hydrogen (secondary N) is 1. The summed E-state index contributed by atoms with van der Waals surface area (Å²) < 4.78 is 2.09. The number of aromatic nitrogens is 1. The van der Waals surface area contributed by atoms with E-state index in [9.17, 15) is 14.4 Å². The highest BCUT2D eigenvalue weighted by Gasteiger charge is 2.37. The van der Waals surface area contributed by atoms with Gasteiger partial charge in [-0.1, -0.05) is 43.7 Å². The van der Waals surface area contributed by atoms with Gasteiger partial charge in [-0.25, -0.2) is 9.69 Å². The molecule has 0 saturated carbocycles. The number of carbonyl (C=O) groups is 3. The van der Waals surface area contributed by atoms with Crippen LogP contribution in [-0.4, -0.2) is 22.4 Å². The molecule has 0 radical (unpaired) electrons. The number of imide groups is 2. The summed E-state index contributed by atoms with van der Waals surface area (Å²) in [7, 11) is 0. The summed E-state index contributed by atoms with van der Waals surface area (Å²) in [5, 5.41) is 2.28. The smallest absolute Gasteiger partial charge is 0.318 e. The molecule has 0 bridgehead atoms. The summed E-state index contributed by atoms with van der Waals surface area (Å²) in [6, 6.07) is 16.6. The fourth-order valence-corrected chi connectivity index (χ4v) is 4.08. The Morgan fingerprint density at radius 3 is 2.06 bits per heavy atom. The Labute approximate surface area is 193 Å². The average Bonchev–Trinajstić information content (AvgIpc) is 3.05. The molecule has 33 heavy (non-hydrogen) atoms. The first-order chi connectivity index (χ1) is 15.7. The molecular formula is C27H27N3O3. The topological polar surface area (TPSA) is 71.4 Å². The molecule has 0 atom stereocenters. The van der Waals surface area contributed by atoms with E-state index < -0.39 is 17.8 Å². The molecule has 168 valence electrons. The lowest BCUT2D eigenvalue weighted by atomic mass is 10.0. The molecule has 1 aromatic heterocycles. The van der Waals surface area contributed by atoms with Gasteiger partial charge >= 0.3 is 6.03 Å². The Balaban J connectivity index is 1.72. The zero-order valence-corrected chi connectivity index (χ0v) is 19.5. The van der Waals surface area contributed by atoms with Gasteiger partial charge in [0.15, 0.2) is 0 Å². The van der Waals surface area contributed by atoms with Crippen LogP contribution in [-0.2, 0) is 9.59 Å². The van der Waals surface area contributed by atoms with Crippen LogP contribution in [0.25, 0.3) is 11.8 Å². The maximum atomic E-state index is 13.2. The van der Waals surface area contributed by atoms with Gasteiger partial charge in [0.2, 0.25) is 0 Å². The first-order valence-electron chi connectivity index (χ1n) is 10.9. The van der Waals surface area contributed by atoms with Crippen LogP contribution in [0, 0.1) is 20.8 Å². The van der Waals surface area contributed by atoms with E-state index in [2.05, 4.69) is 48.0 Å². The quantitative estimate of drug-likeness (QED) is 0.447. The normalized spacial score (nSPS) is 15.5. The molecule has 1 aliphatic heterocycles. The van der Waals surface area contributed by atoms with E-state index in [4.69, 9.17) is 0 Å². The highest BCUT2D eigenvalue weighted by atomic mass is 16.2. The molecule has 1 fully saturated rings. The number of urea groups is 1. The predicted octanol–water partition coefficient (Wildman–Crippen LogP) is 5.19. The molecule has 4 amide bonds. The molecule has 1 N–H and O–H groups in total. The van der Waals surface area contributed by atoms with E-state index in [-0.39, 0.29) is 5.57 Å². The van der Waals surface area contributed by atoms with Gasteiger partial charge in [0.05, 0.1) is 5.69 Å². The standard InChI is InChI=1S/C27H27N3O3/c1-16(2)20-8-12-22(13-9-20)29-18(4)14-21(19(29)5)15-24-25(31)28-27(33)30(26(24)32)23-10-6-17(3)7-11-23/h6-16H,1-5H3,(H,28,31,33)/b24-15+. The van der Waals surface area contributed by atoms with Crippen molar-refractivity contribution >= 4 is 29.6 Å². The van der Waals surface area contributed by atoms with Gasteiger partial charge in [0.25, 0.3) is 11.8 Å². The molecule has 6 heteroatoms. The summed E-state index contributed by atoms with van der Waals surface area (Å²) >= 11 is 0. The Kier molecular flexibility index (Phi) is 5.77. The Morgan fingerprint density at radius 1 is 0.848 bits per heavy atom. The van der Waals surface area contributed by atoms with E-state index in [1.807, 2.05) is 39.0 Å². The van der Waals surface area contributed by atoms with Gasteiger partial charge in [-0.2, -0.15) is 0 Å². The third-order valence-corrected chi connectivity index (χ3v) is 5.98. The minimum atomic E-state index is -0.748. The van der Waals surface area contributed by atoms with Gasteiger partial charge in [-0.3, -0.25) is 14.9 Å². The van der Waals surface area contributed by atoms with Crippen molar-refractivity contribution in [3.63, 3.8) is 0 Å². The third kappa shape index (κ3) is 4.12. The number of benzene rings is 2. The lowest BCUT2D eigenvalue weighted by Gasteiger charge is -2.26.